The highest BCUT2D eigenvalue weighted by atomic mass is 79.9. The standard InChI is InChI=1S/C15H19BrN2O3/c1-9-6-7-11(16)13(8-9)18-15(21)17-12-5-3-2-4-10(12)14(19)20/h6-8,10,12H,2-5H2,1H3,(H,19,20)(H2,17,18,21). The van der Waals surface area contributed by atoms with Gasteiger partial charge >= 0.3 is 12.0 Å². The van der Waals surface area contributed by atoms with Crippen molar-refractivity contribution in [2.24, 2.45) is 5.92 Å². The third kappa shape index (κ3) is 4.20. The third-order valence-electron chi connectivity index (χ3n) is 3.77. The number of rotatable bonds is 3. The SMILES string of the molecule is Cc1ccc(Br)c(NC(=O)NC2CCCCC2C(=O)O)c1. The summed E-state index contributed by atoms with van der Waals surface area (Å²) in [5.41, 5.74) is 1.71. The minimum absolute atomic E-state index is 0.306. The predicted molar refractivity (Wildman–Crippen MR) is 84.4 cm³/mol. The van der Waals surface area contributed by atoms with Gasteiger partial charge in [-0.3, -0.25) is 4.79 Å². The molecule has 2 rings (SSSR count). The molecule has 0 saturated heterocycles. The zero-order chi connectivity index (χ0) is 15.4. The van der Waals surface area contributed by atoms with Crippen LogP contribution in [0.25, 0.3) is 0 Å². The molecular formula is C15H19BrN2O3. The summed E-state index contributed by atoms with van der Waals surface area (Å²) in [6.07, 6.45) is 3.18. The molecule has 2 atom stereocenters. The maximum absolute atomic E-state index is 12.1. The van der Waals surface area contributed by atoms with Crippen LogP contribution >= 0.6 is 15.9 Å². The lowest BCUT2D eigenvalue weighted by Crippen LogP contribution is -2.46. The molecular weight excluding hydrogens is 336 g/mol. The molecule has 1 aliphatic rings. The van der Waals surface area contributed by atoms with E-state index in [1.807, 2.05) is 25.1 Å². The second-order valence-corrected chi connectivity index (χ2v) is 6.27. The van der Waals surface area contributed by atoms with Gasteiger partial charge < -0.3 is 15.7 Å². The minimum atomic E-state index is -0.836. The number of aryl methyl sites for hydroxylation is 1. The number of halogens is 1. The third-order valence-corrected chi connectivity index (χ3v) is 4.46. The summed E-state index contributed by atoms with van der Waals surface area (Å²) in [4.78, 5) is 23.3. The fourth-order valence-electron chi connectivity index (χ4n) is 2.66. The van der Waals surface area contributed by atoms with E-state index in [9.17, 15) is 14.7 Å². The summed E-state index contributed by atoms with van der Waals surface area (Å²) in [6, 6.07) is 5.00. The largest absolute Gasteiger partial charge is 0.481 e. The van der Waals surface area contributed by atoms with Crippen molar-refractivity contribution in [2.75, 3.05) is 5.32 Å². The van der Waals surface area contributed by atoms with Crippen molar-refractivity contribution >= 4 is 33.6 Å². The van der Waals surface area contributed by atoms with Gasteiger partial charge in [-0.2, -0.15) is 0 Å². The first kappa shape index (κ1) is 15.8. The van der Waals surface area contributed by atoms with E-state index in [1.165, 1.54) is 0 Å². The van der Waals surface area contributed by atoms with Gasteiger partial charge in [-0.05, 0) is 53.4 Å². The van der Waals surface area contributed by atoms with Crippen molar-refractivity contribution < 1.29 is 14.7 Å². The molecule has 0 aliphatic heterocycles. The van der Waals surface area contributed by atoms with Gasteiger partial charge in [-0.1, -0.05) is 18.9 Å². The zero-order valence-electron chi connectivity index (χ0n) is 11.9. The van der Waals surface area contributed by atoms with Crippen LogP contribution in [0.4, 0.5) is 10.5 Å². The molecule has 0 radical (unpaired) electrons. The molecule has 5 nitrogen and oxygen atoms in total. The molecule has 1 aromatic rings. The van der Waals surface area contributed by atoms with E-state index in [-0.39, 0.29) is 12.1 Å². The van der Waals surface area contributed by atoms with Crippen LogP contribution in [0.15, 0.2) is 22.7 Å². The van der Waals surface area contributed by atoms with Crippen molar-refractivity contribution in [3.05, 3.63) is 28.2 Å². The highest BCUT2D eigenvalue weighted by molar-refractivity contribution is 9.10. The first-order valence-electron chi connectivity index (χ1n) is 7.04. The molecule has 3 N–H and O–H groups in total. The molecule has 1 aromatic carbocycles. The van der Waals surface area contributed by atoms with Crippen LogP contribution in [0, 0.1) is 12.8 Å². The topological polar surface area (TPSA) is 78.4 Å². The van der Waals surface area contributed by atoms with Crippen LogP contribution in [-0.2, 0) is 4.79 Å². The van der Waals surface area contributed by atoms with Gasteiger partial charge in [0.25, 0.3) is 0 Å². The Hall–Kier alpha value is -1.56. The summed E-state index contributed by atoms with van der Waals surface area (Å²) in [5.74, 6) is -1.33. The van der Waals surface area contributed by atoms with E-state index in [0.717, 1.165) is 22.9 Å². The van der Waals surface area contributed by atoms with Gasteiger partial charge in [0, 0.05) is 10.5 Å². The Labute approximate surface area is 132 Å². The Morgan fingerprint density at radius 3 is 2.71 bits per heavy atom. The van der Waals surface area contributed by atoms with Crippen LogP contribution in [0.5, 0.6) is 0 Å². The van der Waals surface area contributed by atoms with E-state index in [1.54, 1.807) is 0 Å². The second kappa shape index (κ2) is 6.93. The minimum Gasteiger partial charge on any atom is -0.481 e. The Bertz CT molecular complexity index is 548. The lowest BCUT2D eigenvalue weighted by Gasteiger charge is -2.29. The van der Waals surface area contributed by atoms with Crippen LogP contribution in [0.1, 0.15) is 31.2 Å². The zero-order valence-corrected chi connectivity index (χ0v) is 13.4. The number of nitrogens with one attached hydrogen (secondary N) is 2. The highest BCUT2D eigenvalue weighted by Gasteiger charge is 2.31. The molecule has 1 fully saturated rings. The fraction of sp³-hybridized carbons (Fsp3) is 0.467. The second-order valence-electron chi connectivity index (χ2n) is 5.42. The molecule has 114 valence electrons. The van der Waals surface area contributed by atoms with Gasteiger partial charge in [-0.15, -0.1) is 0 Å². The smallest absolute Gasteiger partial charge is 0.319 e. The number of anilines is 1. The van der Waals surface area contributed by atoms with Crippen molar-refractivity contribution in [3.63, 3.8) is 0 Å². The first-order chi connectivity index (χ1) is 9.97. The number of carboxylic acids is 1. The van der Waals surface area contributed by atoms with E-state index >= 15 is 0 Å². The molecule has 0 heterocycles. The number of hydrogen-bond acceptors (Lipinski definition) is 2. The van der Waals surface area contributed by atoms with Gasteiger partial charge in [0.2, 0.25) is 0 Å². The van der Waals surface area contributed by atoms with Crippen LogP contribution in [0.2, 0.25) is 0 Å². The van der Waals surface area contributed by atoms with Crippen molar-refractivity contribution in [1.29, 1.82) is 0 Å². The van der Waals surface area contributed by atoms with E-state index in [2.05, 4.69) is 26.6 Å². The normalized spacial score (nSPS) is 21.6. The van der Waals surface area contributed by atoms with Crippen molar-refractivity contribution in [1.82, 2.24) is 5.32 Å². The van der Waals surface area contributed by atoms with Crippen LogP contribution in [-0.4, -0.2) is 23.1 Å². The number of carbonyl (C=O) groups excluding carboxylic acids is 1. The average Bonchev–Trinajstić information content (AvgIpc) is 2.43. The highest BCUT2D eigenvalue weighted by Crippen LogP contribution is 2.26. The molecule has 21 heavy (non-hydrogen) atoms. The van der Waals surface area contributed by atoms with Gasteiger partial charge in [0.1, 0.15) is 0 Å². The van der Waals surface area contributed by atoms with Gasteiger partial charge in [0.15, 0.2) is 0 Å². The number of carbonyl (C=O) groups is 2. The number of benzene rings is 1. The monoisotopic (exact) mass is 354 g/mol. The number of aliphatic carboxylic acids is 1. The molecule has 0 aromatic heterocycles. The number of urea groups is 1. The quantitative estimate of drug-likeness (QED) is 0.776. The maximum atomic E-state index is 12.1. The number of carboxylic acid groups (broad SMARTS) is 1. The molecule has 1 aliphatic carbocycles. The summed E-state index contributed by atoms with van der Waals surface area (Å²) >= 11 is 3.38. The summed E-state index contributed by atoms with van der Waals surface area (Å²) in [7, 11) is 0. The average molecular weight is 355 g/mol. The van der Waals surface area contributed by atoms with Gasteiger partial charge in [-0.25, -0.2) is 4.79 Å². The van der Waals surface area contributed by atoms with E-state index in [4.69, 9.17) is 0 Å². The molecule has 2 unspecified atom stereocenters. The van der Waals surface area contributed by atoms with Crippen molar-refractivity contribution in [2.45, 2.75) is 38.6 Å². The number of hydrogen-bond donors (Lipinski definition) is 3. The lowest BCUT2D eigenvalue weighted by molar-refractivity contribution is -0.143. The van der Waals surface area contributed by atoms with Crippen LogP contribution < -0.4 is 10.6 Å². The van der Waals surface area contributed by atoms with E-state index in [0.29, 0.717) is 18.5 Å². The predicted octanol–water partition coefficient (Wildman–Crippen LogP) is 3.52. The Morgan fingerprint density at radius 2 is 2.00 bits per heavy atom. The molecule has 1 saturated carbocycles. The molecule has 0 spiro atoms. The summed E-state index contributed by atoms with van der Waals surface area (Å²) in [6.45, 7) is 1.94. The van der Waals surface area contributed by atoms with Gasteiger partial charge in [0.05, 0.1) is 11.6 Å². The first-order valence-corrected chi connectivity index (χ1v) is 7.83. The Kier molecular flexibility index (Phi) is 5.22. The van der Waals surface area contributed by atoms with Crippen LogP contribution in [0.3, 0.4) is 0 Å². The molecule has 0 bridgehead atoms. The molecule has 6 heteroatoms. The Balaban J connectivity index is 2.00. The maximum Gasteiger partial charge on any atom is 0.319 e. The molecule has 2 amide bonds. The van der Waals surface area contributed by atoms with Crippen molar-refractivity contribution in [3.8, 4) is 0 Å². The Morgan fingerprint density at radius 1 is 1.29 bits per heavy atom. The number of amides is 2. The lowest BCUT2D eigenvalue weighted by atomic mass is 9.84. The summed E-state index contributed by atoms with van der Waals surface area (Å²) < 4.78 is 0.793. The summed E-state index contributed by atoms with van der Waals surface area (Å²) in [5, 5.41) is 14.8. The fourth-order valence-corrected chi connectivity index (χ4v) is 3.01. The van der Waals surface area contributed by atoms with E-state index < -0.39 is 11.9 Å².